The lowest BCUT2D eigenvalue weighted by Gasteiger charge is -2.05. The molecule has 8 heteroatoms. The molecule has 6 nitrogen and oxygen atoms in total. The van der Waals surface area contributed by atoms with E-state index < -0.39 is 0 Å². The molecule has 3 rings (SSSR count). The van der Waals surface area contributed by atoms with Crippen molar-refractivity contribution in [2.45, 2.75) is 38.8 Å². The third-order valence-corrected chi connectivity index (χ3v) is 6.05. The minimum Gasteiger partial charge on any atom is -0.309 e. The van der Waals surface area contributed by atoms with E-state index in [9.17, 15) is 4.79 Å². The smallest absolute Gasteiger partial charge is 0.236 e. The van der Waals surface area contributed by atoms with Gasteiger partial charge in [0.05, 0.1) is 11.4 Å². The van der Waals surface area contributed by atoms with Crippen molar-refractivity contribution >= 4 is 34.1 Å². The molecule has 0 saturated carbocycles. The van der Waals surface area contributed by atoms with Gasteiger partial charge in [0.2, 0.25) is 5.91 Å². The summed E-state index contributed by atoms with van der Waals surface area (Å²) in [4.78, 5) is 16.8. The first-order valence-electron chi connectivity index (χ1n) is 8.70. The molecule has 2 heterocycles. The number of nitrogens with one attached hydrogen (secondary N) is 1. The van der Waals surface area contributed by atoms with Crippen LogP contribution in [0.15, 0.2) is 28.7 Å². The summed E-state index contributed by atoms with van der Waals surface area (Å²) in [6.45, 7) is 8.31. The molecular formula is C19H23N5OS2. The summed E-state index contributed by atoms with van der Waals surface area (Å²) in [5.74, 6) is 1.37. The molecule has 2 aromatic heterocycles. The molecule has 1 amide bonds. The predicted octanol–water partition coefficient (Wildman–Crippen LogP) is 4.41. The average Bonchev–Trinajstić information content (AvgIpc) is 3.22. The highest BCUT2D eigenvalue weighted by atomic mass is 32.2. The third-order valence-electron chi connectivity index (χ3n) is 4.27. The van der Waals surface area contributed by atoms with Crippen LogP contribution in [0.1, 0.15) is 36.7 Å². The van der Waals surface area contributed by atoms with Gasteiger partial charge in [0.1, 0.15) is 5.82 Å². The Kier molecular flexibility index (Phi) is 5.96. The van der Waals surface area contributed by atoms with E-state index in [0.717, 1.165) is 22.2 Å². The summed E-state index contributed by atoms with van der Waals surface area (Å²) in [5.41, 5.74) is 4.42. The molecule has 0 spiro atoms. The van der Waals surface area contributed by atoms with Crippen LogP contribution in [0.2, 0.25) is 0 Å². The van der Waals surface area contributed by atoms with Gasteiger partial charge in [0, 0.05) is 23.9 Å². The number of rotatable bonds is 6. The summed E-state index contributed by atoms with van der Waals surface area (Å²) in [6.07, 6.45) is 0. The van der Waals surface area contributed by atoms with Crippen molar-refractivity contribution in [2.24, 2.45) is 7.05 Å². The van der Waals surface area contributed by atoms with Crippen LogP contribution >= 0.6 is 23.1 Å². The number of thiazole rings is 1. The van der Waals surface area contributed by atoms with Crippen LogP contribution < -0.4 is 5.32 Å². The number of anilines is 1. The van der Waals surface area contributed by atoms with E-state index in [2.05, 4.69) is 66.4 Å². The molecular weight excluding hydrogens is 378 g/mol. The molecule has 0 aliphatic heterocycles. The number of hydrogen-bond acceptors (Lipinski definition) is 6. The molecule has 0 radical (unpaired) electrons. The Balaban J connectivity index is 1.60. The first kappa shape index (κ1) is 19.6. The largest absolute Gasteiger partial charge is 0.309 e. The van der Waals surface area contributed by atoms with Crippen LogP contribution in [0.3, 0.4) is 0 Å². The molecule has 1 N–H and O–H groups in total. The second-order valence-corrected chi connectivity index (χ2v) is 8.53. The molecule has 0 saturated heterocycles. The molecule has 0 atom stereocenters. The Bertz CT molecular complexity index is 961. The fourth-order valence-electron chi connectivity index (χ4n) is 2.60. The second kappa shape index (κ2) is 8.22. The number of aryl methyl sites for hydroxylation is 2. The van der Waals surface area contributed by atoms with Crippen molar-refractivity contribution < 1.29 is 4.79 Å². The van der Waals surface area contributed by atoms with Crippen molar-refractivity contribution in [2.75, 3.05) is 11.1 Å². The SMILES string of the molecule is Cc1ccc(-c2csc(NC(=O)CSc3nnc(C(C)C)n3C)n2)cc1C. The van der Waals surface area contributed by atoms with Gasteiger partial charge in [-0.15, -0.1) is 21.5 Å². The number of aromatic nitrogens is 4. The second-order valence-electron chi connectivity index (χ2n) is 6.73. The monoisotopic (exact) mass is 401 g/mol. The lowest BCUT2D eigenvalue weighted by molar-refractivity contribution is -0.113. The zero-order valence-corrected chi connectivity index (χ0v) is 17.7. The van der Waals surface area contributed by atoms with Crippen LogP contribution in [-0.2, 0) is 11.8 Å². The maximum atomic E-state index is 12.3. The Labute approximate surface area is 167 Å². The van der Waals surface area contributed by atoms with Gasteiger partial charge in [-0.2, -0.15) is 0 Å². The highest BCUT2D eigenvalue weighted by Gasteiger charge is 2.14. The molecule has 0 fully saturated rings. The van der Waals surface area contributed by atoms with Gasteiger partial charge in [0.15, 0.2) is 10.3 Å². The van der Waals surface area contributed by atoms with E-state index in [1.165, 1.54) is 34.2 Å². The van der Waals surface area contributed by atoms with Crippen LogP contribution in [0.5, 0.6) is 0 Å². The third kappa shape index (κ3) is 4.56. The topological polar surface area (TPSA) is 72.7 Å². The van der Waals surface area contributed by atoms with Gasteiger partial charge in [-0.1, -0.05) is 37.7 Å². The van der Waals surface area contributed by atoms with Crippen molar-refractivity contribution in [1.82, 2.24) is 19.7 Å². The normalized spacial score (nSPS) is 11.2. The first-order chi connectivity index (χ1) is 12.8. The molecule has 27 heavy (non-hydrogen) atoms. The fraction of sp³-hybridized carbons (Fsp3) is 0.368. The van der Waals surface area contributed by atoms with Crippen molar-refractivity contribution in [3.63, 3.8) is 0 Å². The van der Waals surface area contributed by atoms with Gasteiger partial charge in [-0.25, -0.2) is 4.98 Å². The number of nitrogens with zero attached hydrogens (tertiary/aromatic N) is 4. The van der Waals surface area contributed by atoms with Gasteiger partial charge in [-0.3, -0.25) is 4.79 Å². The first-order valence-corrected chi connectivity index (χ1v) is 10.6. The minimum absolute atomic E-state index is 0.102. The molecule has 3 aromatic rings. The van der Waals surface area contributed by atoms with E-state index in [1.807, 2.05) is 17.0 Å². The summed E-state index contributed by atoms with van der Waals surface area (Å²) in [6, 6.07) is 6.26. The fourth-order valence-corrected chi connectivity index (χ4v) is 4.06. The highest BCUT2D eigenvalue weighted by Crippen LogP contribution is 2.27. The number of amides is 1. The van der Waals surface area contributed by atoms with Gasteiger partial charge < -0.3 is 9.88 Å². The standard InChI is InChI=1S/C19H23N5OS2/c1-11(2)17-22-23-19(24(17)5)27-10-16(25)21-18-20-15(9-26-18)14-7-6-12(3)13(4)8-14/h6-9,11H,10H2,1-5H3,(H,20,21,25). The Morgan fingerprint density at radius 3 is 2.70 bits per heavy atom. The number of carbonyl (C=O) groups is 1. The lowest BCUT2D eigenvalue weighted by atomic mass is 10.1. The van der Waals surface area contributed by atoms with Crippen molar-refractivity contribution in [3.8, 4) is 11.3 Å². The molecule has 0 aliphatic carbocycles. The molecule has 0 bridgehead atoms. The molecule has 0 aliphatic rings. The molecule has 0 unspecified atom stereocenters. The highest BCUT2D eigenvalue weighted by molar-refractivity contribution is 7.99. The van der Waals surface area contributed by atoms with E-state index in [-0.39, 0.29) is 11.7 Å². The maximum Gasteiger partial charge on any atom is 0.236 e. The Hall–Kier alpha value is -2.19. The van der Waals surface area contributed by atoms with Crippen LogP contribution in [0, 0.1) is 13.8 Å². The van der Waals surface area contributed by atoms with Crippen LogP contribution in [0.4, 0.5) is 5.13 Å². The minimum atomic E-state index is -0.102. The number of thioether (sulfide) groups is 1. The van der Waals surface area contributed by atoms with Crippen molar-refractivity contribution in [1.29, 1.82) is 0 Å². The maximum absolute atomic E-state index is 12.3. The van der Waals surface area contributed by atoms with Gasteiger partial charge in [-0.05, 0) is 31.0 Å². The zero-order chi connectivity index (χ0) is 19.6. The van der Waals surface area contributed by atoms with E-state index in [1.54, 1.807) is 0 Å². The molecule has 1 aromatic carbocycles. The van der Waals surface area contributed by atoms with Gasteiger partial charge in [0.25, 0.3) is 0 Å². The van der Waals surface area contributed by atoms with Crippen LogP contribution in [-0.4, -0.2) is 31.4 Å². The van der Waals surface area contributed by atoms with Crippen molar-refractivity contribution in [3.05, 3.63) is 40.5 Å². The Morgan fingerprint density at radius 1 is 1.26 bits per heavy atom. The lowest BCUT2D eigenvalue weighted by Crippen LogP contribution is -2.14. The Morgan fingerprint density at radius 2 is 2.04 bits per heavy atom. The number of hydrogen-bond donors (Lipinski definition) is 1. The predicted molar refractivity (Wildman–Crippen MR) is 111 cm³/mol. The van der Waals surface area contributed by atoms with Gasteiger partial charge >= 0.3 is 0 Å². The molecule has 142 valence electrons. The summed E-state index contributed by atoms with van der Waals surface area (Å²) in [7, 11) is 1.92. The summed E-state index contributed by atoms with van der Waals surface area (Å²) in [5, 5.41) is 14.5. The quantitative estimate of drug-likeness (QED) is 0.620. The van der Waals surface area contributed by atoms with E-state index in [0.29, 0.717) is 11.0 Å². The van der Waals surface area contributed by atoms with Crippen LogP contribution in [0.25, 0.3) is 11.3 Å². The number of carbonyl (C=O) groups excluding carboxylic acids is 1. The number of benzene rings is 1. The average molecular weight is 402 g/mol. The summed E-state index contributed by atoms with van der Waals surface area (Å²) < 4.78 is 1.93. The van der Waals surface area contributed by atoms with E-state index >= 15 is 0 Å². The summed E-state index contributed by atoms with van der Waals surface area (Å²) >= 11 is 2.80. The van der Waals surface area contributed by atoms with E-state index in [4.69, 9.17) is 0 Å². The zero-order valence-electron chi connectivity index (χ0n) is 16.1.